The lowest BCUT2D eigenvalue weighted by Crippen LogP contribution is -2.42. The number of carbonyl (C=O) groups is 1. The highest BCUT2D eigenvalue weighted by molar-refractivity contribution is 8.00. The second kappa shape index (κ2) is 8.39. The first-order valence-corrected chi connectivity index (χ1v) is 9.65. The fourth-order valence-electron chi connectivity index (χ4n) is 3.32. The third kappa shape index (κ3) is 4.64. The molecule has 2 nitrogen and oxygen atoms in total. The van der Waals surface area contributed by atoms with Crippen LogP contribution in [0.3, 0.4) is 0 Å². The van der Waals surface area contributed by atoms with Crippen LogP contribution in [0.1, 0.15) is 25.3 Å². The van der Waals surface area contributed by atoms with Crippen molar-refractivity contribution < 1.29 is 4.79 Å². The zero-order valence-electron chi connectivity index (χ0n) is 14.2. The Bertz CT molecular complexity index is 635. The number of benzene rings is 2. The quantitative estimate of drug-likeness (QED) is 0.739. The Morgan fingerprint density at radius 1 is 1.04 bits per heavy atom. The molecule has 1 aliphatic heterocycles. The van der Waals surface area contributed by atoms with Gasteiger partial charge < -0.3 is 4.90 Å². The Hall–Kier alpha value is -1.74. The van der Waals surface area contributed by atoms with Gasteiger partial charge in [-0.05, 0) is 49.8 Å². The van der Waals surface area contributed by atoms with Gasteiger partial charge in [-0.3, -0.25) is 4.79 Å². The molecular weight excluding hydrogens is 314 g/mol. The average molecular weight is 340 g/mol. The van der Waals surface area contributed by atoms with E-state index in [2.05, 4.69) is 47.4 Å². The number of piperidine rings is 1. The van der Waals surface area contributed by atoms with Crippen LogP contribution >= 0.6 is 11.8 Å². The molecule has 3 heteroatoms. The molecule has 1 aliphatic rings. The summed E-state index contributed by atoms with van der Waals surface area (Å²) in [5.41, 5.74) is 1.41. The largest absolute Gasteiger partial charge is 0.342 e. The first-order chi connectivity index (χ1) is 11.7. The maximum atomic E-state index is 12.7. The van der Waals surface area contributed by atoms with Gasteiger partial charge in [-0.25, -0.2) is 0 Å². The van der Waals surface area contributed by atoms with Crippen LogP contribution in [-0.4, -0.2) is 29.1 Å². The summed E-state index contributed by atoms with van der Waals surface area (Å²) in [7, 11) is 0. The molecule has 0 aromatic heterocycles. The smallest absolute Gasteiger partial charge is 0.235 e. The molecule has 0 unspecified atom stereocenters. The van der Waals surface area contributed by atoms with Crippen molar-refractivity contribution in [1.29, 1.82) is 0 Å². The summed E-state index contributed by atoms with van der Waals surface area (Å²) in [6, 6.07) is 20.9. The van der Waals surface area contributed by atoms with E-state index >= 15 is 0 Å². The van der Waals surface area contributed by atoms with E-state index in [0.717, 1.165) is 37.2 Å². The lowest BCUT2D eigenvalue weighted by molar-refractivity contribution is -0.131. The van der Waals surface area contributed by atoms with Crippen LogP contribution in [0.5, 0.6) is 0 Å². The van der Waals surface area contributed by atoms with Crippen molar-refractivity contribution >= 4 is 17.7 Å². The molecule has 1 atom stereocenters. The Balaban J connectivity index is 1.48. The van der Waals surface area contributed by atoms with Crippen molar-refractivity contribution in [3.63, 3.8) is 0 Å². The van der Waals surface area contributed by atoms with Crippen LogP contribution in [0.15, 0.2) is 65.6 Å². The van der Waals surface area contributed by atoms with Gasteiger partial charge in [0.05, 0.1) is 5.25 Å². The molecule has 1 saturated heterocycles. The molecule has 1 heterocycles. The van der Waals surface area contributed by atoms with Crippen LogP contribution in [0.25, 0.3) is 0 Å². The number of thioether (sulfide) groups is 1. The van der Waals surface area contributed by atoms with Crippen LogP contribution in [0.2, 0.25) is 0 Å². The predicted molar refractivity (Wildman–Crippen MR) is 101 cm³/mol. The van der Waals surface area contributed by atoms with Crippen molar-refractivity contribution in [2.24, 2.45) is 5.92 Å². The lowest BCUT2D eigenvalue weighted by Gasteiger charge is -2.33. The first-order valence-electron chi connectivity index (χ1n) is 8.77. The van der Waals surface area contributed by atoms with Crippen molar-refractivity contribution in [3.05, 3.63) is 66.2 Å². The third-order valence-corrected chi connectivity index (χ3v) is 5.80. The van der Waals surface area contributed by atoms with Gasteiger partial charge >= 0.3 is 0 Å². The average Bonchev–Trinajstić information content (AvgIpc) is 2.63. The van der Waals surface area contributed by atoms with Crippen molar-refractivity contribution in [1.82, 2.24) is 4.90 Å². The number of amides is 1. The van der Waals surface area contributed by atoms with Gasteiger partial charge in [0.15, 0.2) is 0 Å². The van der Waals surface area contributed by atoms with Crippen molar-refractivity contribution in [2.45, 2.75) is 36.3 Å². The van der Waals surface area contributed by atoms with Crippen LogP contribution < -0.4 is 0 Å². The molecule has 0 spiro atoms. The standard InChI is InChI=1S/C21H25NOS/c1-17(24-20-10-6-3-7-11-20)21(23)22-14-12-19(13-15-22)16-18-8-4-2-5-9-18/h2-11,17,19H,12-16H2,1H3/t17-/m0/s1. The highest BCUT2D eigenvalue weighted by Crippen LogP contribution is 2.27. The fourth-order valence-corrected chi connectivity index (χ4v) is 4.29. The van der Waals surface area contributed by atoms with Gasteiger partial charge in [-0.2, -0.15) is 0 Å². The van der Waals surface area contributed by atoms with Gasteiger partial charge in [0, 0.05) is 18.0 Å². The van der Waals surface area contributed by atoms with E-state index in [9.17, 15) is 4.79 Å². The van der Waals surface area contributed by atoms with E-state index in [-0.39, 0.29) is 11.2 Å². The van der Waals surface area contributed by atoms with Crippen LogP contribution in [0, 0.1) is 5.92 Å². The van der Waals surface area contributed by atoms with E-state index in [0.29, 0.717) is 5.92 Å². The molecule has 24 heavy (non-hydrogen) atoms. The van der Waals surface area contributed by atoms with Crippen LogP contribution in [0.4, 0.5) is 0 Å². The highest BCUT2D eigenvalue weighted by Gasteiger charge is 2.26. The number of likely N-dealkylation sites (tertiary alicyclic amines) is 1. The molecule has 3 rings (SSSR count). The summed E-state index contributed by atoms with van der Waals surface area (Å²) >= 11 is 1.66. The first kappa shape index (κ1) is 17.1. The zero-order valence-corrected chi connectivity index (χ0v) is 15.0. The third-order valence-electron chi connectivity index (χ3n) is 4.70. The topological polar surface area (TPSA) is 20.3 Å². The van der Waals surface area contributed by atoms with Gasteiger partial charge in [0.1, 0.15) is 0 Å². The minimum atomic E-state index is -0.0157. The molecule has 0 N–H and O–H groups in total. The predicted octanol–water partition coefficient (Wildman–Crippen LogP) is 4.65. The maximum Gasteiger partial charge on any atom is 0.235 e. The monoisotopic (exact) mass is 339 g/mol. The summed E-state index contributed by atoms with van der Waals surface area (Å²) in [6.45, 7) is 3.82. The number of hydrogen-bond acceptors (Lipinski definition) is 2. The minimum Gasteiger partial charge on any atom is -0.342 e. The number of carbonyl (C=O) groups excluding carboxylic acids is 1. The van der Waals surface area contributed by atoms with Gasteiger partial charge in [0.2, 0.25) is 5.91 Å². The SMILES string of the molecule is C[C@H](Sc1ccccc1)C(=O)N1CCC(Cc2ccccc2)CC1. The summed E-state index contributed by atoms with van der Waals surface area (Å²) < 4.78 is 0. The second-order valence-corrected chi connectivity index (χ2v) is 7.95. The second-order valence-electron chi connectivity index (χ2n) is 6.53. The summed E-state index contributed by atoms with van der Waals surface area (Å²) in [4.78, 5) is 15.9. The Morgan fingerprint density at radius 3 is 2.25 bits per heavy atom. The molecule has 126 valence electrons. The highest BCUT2D eigenvalue weighted by atomic mass is 32.2. The Kier molecular flexibility index (Phi) is 5.97. The van der Waals surface area contributed by atoms with Crippen molar-refractivity contribution in [3.8, 4) is 0 Å². The number of hydrogen-bond donors (Lipinski definition) is 0. The molecular formula is C21H25NOS. The molecule has 0 radical (unpaired) electrons. The normalized spacial score (nSPS) is 16.8. The fraction of sp³-hybridized carbons (Fsp3) is 0.381. The van der Waals surface area contributed by atoms with Crippen LogP contribution in [-0.2, 0) is 11.2 Å². The van der Waals surface area contributed by atoms with E-state index in [1.165, 1.54) is 5.56 Å². The van der Waals surface area contributed by atoms with E-state index in [1.807, 2.05) is 25.1 Å². The minimum absolute atomic E-state index is 0.0157. The van der Waals surface area contributed by atoms with E-state index < -0.39 is 0 Å². The zero-order chi connectivity index (χ0) is 16.8. The Labute approximate surface area is 149 Å². The lowest BCUT2D eigenvalue weighted by atomic mass is 9.90. The molecule has 0 saturated carbocycles. The van der Waals surface area contributed by atoms with Gasteiger partial charge in [0.25, 0.3) is 0 Å². The van der Waals surface area contributed by atoms with Crippen molar-refractivity contribution in [2.75, 3.05) is 13.1 Å². The summed E-state index contributed by atoms with van der Waals surface area (Å²) in [5, 5.41) is -0.0157. The molecule has 1 fully saturated rings. The molecule has 1 amide bonds. The summed E-state index contributed by atoms with van der Waals surface area (Å²) in [6.07, 6.45) is 3.36. The number of rotatable bonds is 5. The summed E-state index contributed by atoms with van der Waals surface area (Å²) in [5.74, 6) is 0.982. The molecule has 2 aromatic carbocycles. The molecule has 0 aliphatic carbocycles. The Morgan fingerprint density at radius 2 is 1.62 bits per heavy atom. The van der Waals surface area contributed by atoms with Gasteiger partial charge in [-0.1, -0.05) is 48.5 Å². The maximum absolute atomic E-state index is 12.7. The molecule has 0 bridgehead atoms. The number of nitrogens with zero attached hydrogens (tertiary/aromatic N) is 1. The van der Waals surface area contributed by atoms with E-state index in [4.69, 9.17) is 0 Å². The van der Waals surface area contributed by atoms with E-state index in [1.54, 1.807) is 11.8 Å². The molecule has 2 aromatic rings. The van der Waals surface area contributed by atoms with Gasteiger partial charge in [-0.15, -0.1) is 11.8 Å².